The molecule has 4 N–H and O–H groups in total. The summed E-state index contributed by atoms with van der Waals surface area (Å²) in [7, 11) is 0. The summed E-state index contributed by atoms with van der Waals surface area (Å²) in [6, 6.07) is 9.58. The van der Waals surface area contributed by atoms with Crippen molar-refractivity contribution in [2.75, 3.05) is 0 Å². The van der Waals surface area contributed by atoms with Gasteiger partial charge in [-0.05, 0) is 56.7 Å². The lowest BCUT2D eigenvalue weighted by Gasteiger charge is -2.49. The Morgan fingerprint density at radius 3 is 2.46 bits per heavy atom. The zero-order chi connectivity index (χ0) is 27.1. The molecule has 9 atom stereocenters. The number of benzene rings is 1. The third-order valence-electron chi connectivity index (χ3n) is 8.71. The molecular formula is C30H39NO6. The van der Waals surface area contributed by atoms with Crippen LogP contribution < -0.4 is 5.32 Å². The number of carbonyl (C=O) groups excluding carboxylic acids is 2. The fourth-order valence-corrected chi connectivity index (χ4v) is 6.68. The van der Waals surface area contributed by atoms with Crippen molar-refractivity contribution in [3.8, 4) is 0 Å². The van der Waals surface area contributed by atoms with Crippen LogP contribution in [0.4, 0.5) is 0 Å². The molecule has 1 fully saturated rings. The number of esters is 1. The summed E-state index contributed by atoms with van der Waals surface area (Å²) >= 11 is 0. The van der Waals surface area contributed by atoms with Crippen LogP contribution in [0.5, 0.6) is 0 Å². The quantitative estimate of drug-likeness (QED) is 0.368. The van der Waals surface area contributed by atoms with Gasteiger partial charge < -0.3 is 25.4 Å². The van der Waals surface area contributed by atoms with Crippen molar-refractivity contribution in [2.24, 2.45) is 23.2 Å². The molecule has 37 heavy (non-hydrogen) atoms. The maximum atomic E-state index is 14.2. The molecule has 7 nitrogen and oxygen atoms in total. The maximum absolute atomic E-state index is 14.2. The first-order valence-corrected chi connectivity index (χ1v) is 13.0. The van der Waals surface area contributed by atoms with Gasteiger partial charge in [-0.15, -0.1) is 0 Å². The molecule has 0 aromatic heterocycles. The first-order valence-electron chi connectivity index (χ1n) is 13.0. The lowest BCUT2D eigenvalue weighted by molar-refractivity contribution is -0.161. The highest BCUT2D eigenvalue weighted by atomic mass is 16.5. The van der Waals surface area contributed by atoms with Gasteiger partial charge in [-0.2, -0.15) is 0 Å². The lowest BCUT2D eigenvalue weighted by Crippen LogP contribution is -2.58. The summed E-state index contributed by atoms with van der Waals surface area (Å²) < 4.78 is 5.85. The van der Waals surface area contributed by atoms with Crippen LogP contribution in [-0.2, 0) is 20.7 Å². The van der Waals surface area contributed by atoms with Crippen LogP contribution in [-0.4, -0.2) is 57.2 Å². The molecule has 0 saturated carbocycles. The van der Waals surface area contributed by atoms with Gasteiger partial charge in [0, 0.05) is 24.8 Å². The summed E-state index contributed by atoms with van der Waals surface area (Å²) in [4.78, 5) is 26.6. The van der Waals surface area contributed by atoms with Gasteiger partial charge in [0.1, 0.15) is 17.1 Å². The van der Waals surface area contributed by atoms with E-state index in [4.69, 9.17) is 4.74 Å². The zero-order valence-electron chi connectivity index (χ0n) is 22.2. The first-order chi connectivity index (χ1) is 17.4. The molecule has 2 aliphatic carbocycles. The molecule has 7 heteroatoms. The number of aliphatic hydroxyl groups excluding tert-OH is 2. The average molecular weight is 510 g/mol. The molecular weight excluding hydrogens is 470 g/mol. The van der Waals surface area contributed by atoms with Crippen LogP contribution >= 0.6 is 0 Å². The number of nitrogens with one attached hydrogen (secondary N) is 1. The Labute approximate surface area is 218 Å². The zero-order valence-corrected chi connectivity index (χ0v) is 22.2. The van der Waals surface area contributed by atoms with E-state index < -0.39 is 41.2 Å². The monoisotopic (exact) mass is 509 g/mol. The van der Waals surface area contributed by atoms with Gasteiger partial charge in [0.05, 0.1) is 12.2 Å². The minimum absolute atomic E-state index is 0.296. The lowest BCUT2D eigenvalue weighted by atomic mass is 9.54. The third kappa shape index (κ3) is 4.69. The summed E-state index contributed by atoms with van der Waals surface area (Å²) in [6.07, 6.45) is 4.52. The van der Waals surface area contributed by atoms with E-state index in [0.29, 0.717) is 12.8 Å². The Balaban J connectivity index is 1.96. The van der Waals surface area contributed by atoms with E-state index in [2.05, 4.69) is 5.32 Å². The van der Waals surface area contributed by atoms with E-state index in [1.165, 1.54) is 26.0 Å². The van der Waals surface area contributed by atoms with E-state index in [1.54, 1.807) is 0 Å². The highest BCUT2D eigenvalue weighted by Crippen LogP contribution is 2.57. The van der Waals surface area contributed by atoms with Gasteiger partial charge in [-0.1, -0.05) is 61.1 Å². The fourth-order valence-electron chi connectivity index (χ4n) is 6.68. The summed E-state index contributed by atoms with van der Waals surface area (Å²) in [6.45, 7) is 8.44. The highest BCUT2D eigenvalue weighted by molar-refractivity contribution is 5.89. The predicted octanol–water partition coefficient (Wildman–Crippen LogP) is 2.85. The van der Waals surface area contributed by atoms with Gasteiger partial charge in [0.15, 0.2) is 0 Å². The number of aliphatic hydroxyl groups is 3. The number of hydrogen-bond donors (Lipinski definition) is 4. The van der Waals surface area contributed by atoms with E-state index >= 15 is 0 Å². The number of hydrogen-bond acceptors (Lipinski definition) is 6. The second-order valence-corrected chi connectivity index (χ2v) is 11.2. The molecule has 1 heterocycles. The van der Waals surface area contributed by atoms with Crippen molar-refractivity contribution < 1.29 is 29.6 Å². The summed E-state index contributed by atoms with van der Waals surface area (Å²) in [5.74, 6) is -2.26. The van der Waals surface area contributed by atoms with E-state index in [0.717, 1.165) is 16.7 Å². The van der Waals surface area contributed by atoms with Crippen molar-refractivity contribution >= 4 is 11.9 Å². The predicted molar refractivity (Wildman–Crippen MR) is 140 cm³/mol. The van der Waals surface area contributed by atoms with Crippen LogP contribution in [0.3, 0.4) is 0 Å². The number of ether oxygens (including phenoxy) is 1. The second-order valence-electron chi connectivity index (χ2n) is 11.2. The topological polar surface area (TPSA) is 116 Å². The molecule has 5 unspecified atom stereocenters. The van der Waals surface area contributed by atoms with Gasteiger partial charge in [0.25, 0.3) is 0 Å². The number of allylic oxidation sites excluding steroid dienone is 1. The third-order valence-corrected chi connectivity index (χ3v) is 8.71. The molecule has 3 aliphatic rings. The minimum Gasteiger partial charge on any atom is -0.457 e. The average Bonchev–Trinajstić information content (AvgIpc) is 3.13. The van der Waals surface area contributed by atoms with Crippen LogP contribution in [0.1, 0.15) is 46.6 Å². The van der Waals surface area contributed by atoms with Gasteiger partial charge in [-0.3, -0.25) is 9.59 Å². The van der Waals surface area contributed by atoms with Crippen LogP contribution in [0, 0.1) is 23.2 Å². The van der Waals surface area contributed by atoms with E-state index in [-0.39, 0.29) is 23.8 Å². The van der Waals surface area contributed by atoms with Gasteiger partial charge in [0.2, 0.25) is 5.91 Å². The molecule has 0 bridgehead atoms. The SMILES string of the molecule is CC(=O)O[C@@H]1/C=C/[C@@](C)(O)C(O)C(C)C/C=C/[C@H]2C(O)C(C)=C(C)C3[C@H](Cc4ccccc4)NC(=O)C312. The van der Waals surface area contributed by atoms with Gasteiger partial charge >= 0.3 is 5.97 Å². The number of carbonyl (C=O) groups is 2. The smallest absolute Gasteiger partial charge is 0.303 e. The second kappa shape index (κ2) is 10.2. The summed E-state index contributed by atoms with van der Waals surface area (Å²) in [5, 5.41) is 36.7. The first kappa shape index (κ1) is 27.3. The molecule has 200 valence electrons. The van der Waals surface area contributed by atoms with E-state index in [1.807, 2.05) is 63.3 Å². The molecule has 1 aromatic carbocycles. The van der Waals surface area contributed by atoms with Crippen molar-refractivity contribution in [1.29, 1.82) is 0 Å². The molecule has 4 rings (SSSR count). The number of amides is 1. The Kier molecular flexibility index (Phi) is 7.52. The minimum atomic E-state index is -1.62. The van der Waals surface area contributed by atoms with Crippen LogP contribution in [0.25, 0.3) is 0 Å². The Morgan fingerprint density at radius 1 is 1.14 bits per heavy atom. The van der Waals surface area contributed by atoms with E-state index in [9.17, 15) is 24.9 Å². The molecule has 1 aliphatic heterocycles. The number of rotatable bonds is 3. The highest BCUT2D eigenvalue weighted by Gasteiger charge is 2.67. The fraction of sp³-hybridized carbons (Fsp3) is 0.533. The van der Waals surface area contributed by atoms with Crippen LogP contribution in [0.2, 0.25) is 0 Å². The van der Waals surface area contributed by atoms with Crippen molar-refractivity contribution in [1.82, 2.24) is 5.32 Å². The normalized spacial score (nSPS) is 41.6. The Bertz CT molecular complexity index is 1120. The molecule has 1 amide bonds. The Hall–Kier alpha value is -2.74. The van der Waals surface area contributed by atoms with Crippen molar-refractivity contribution in [3.63, 3.8) is 0 Å². The molecule has 1 aromatic rings. The van der Waals surface area contributed by atoms with Gasteiger partial charge in [-0.25, -0.2) is 0 Å². The van der Waals surface area contributed by atoms with Crippen LogP contribution in [0.15, 0.2) is 65.8 Å². The standard InChI is InChI=1S/C30H39NO6/c1-17-10-9-13-22-26(33)19(3)18(2)25-23(16-21-11-7-6-8-12-21)31-28(35)30(22,25)24(37-20(4)32)14-15-29(5,36)27(17)34/h6-9,11-15,17,22-27,33-34,36H,10,16H2,1-5H3,(H,31,35)/b13-9+,15-14+/t17?,22-,23-,24+,25?,26?,27?,29+,30?/m0/s1. The Morgan fingerprint density at radius 2 is 1.81 bits per heavy atom. The van der Waals surface area contributed by atoms with Crippen molar-refractivity contribution in [3.05, 3.63) is 71.3 Å². The summed E-state index contributed by atoms with van der Waals surface area (Å²) in [5.41, 5.74) is -0.230. The molecule has 1 spiro atoms. The largest absolute Gasteiger partial charge is 0.457 e. The molecule has 1 saturated heterocycles. The molecule has 0 radical (unpaired) electrons. The van der Waals surface area contributed by atoms with Crippen molar-refractivity contribution in [2.45, 2.75) is 77.4 Å². The maximum Gasteiger partial charge on any atom is 0.303 e.